The van der Waals surface area contributed by atoms with Gasteiger partial charge in [0.1, 0.15) is 5.65 Å². The highest BCUT2D eigenvalue weighted by Gasteiger charge is 2.21. The van der Waals surface area contributed by atoms with Crippen molar-refractivity contribution in [2.45, 2.75) is 39.2 Å². The molecule has 0 amide bonds. The molecule has 0 aliphatic carbocycles. The molecule has 0 unspecified atom stereocenters. The number of aromatic amines is 1. The van der Waals surface area contributed by atoms with Crippen molar-refractivity contribution in [2.75, 3.05) is 13.1 Å². The monoisotopic (exact) mass is 273 g/mol. The second-order valence-electron chi connectivity index (χ2n) is 6.21. The molecule has 3 rings (SSSR count). The number of pyridine rings is 1. The largest absolute Gasteiger partial charge is 0.343 e. The van der Waals surface area contributed by atoms with Gasteiger partial charge in [0.25, 0.3) is 0 Å². The summed E-state index contributed by atoms with van der Waals surface area (Å²) in [5, 5.41) is 0. The van der Waals surface area contributed by atoms with E-state index in [2.05, 4.69) is 29.9 Å². The van der Waals surface area contributed by atoms with Crippen molar-refractivity contribution in [3.63, 3.8) is 0 Å². The molecule has 0 bridgehead atoms. The van der Waals surface area contributed by atoms with Gasteiger partial charge in [-0.2, -0.15) is 0 Å². The number of nitrogens with one attached hydrogen (secondary N) is 1. The summed E-state index contributed by atoms with van der Waals surface area (Å²) in [5.41, 5.74) is 2.19. The molecule has 1 N–H and O–H groups in total. The maximum atomic E-state index is 11.3. The van der Waals surface area contributed by atoms with Crippen LogP contribution in [-0.4, -0.2) is 33.4 Å². The van der Waals surface area contributed by atoms with Gasteiger partial charge in [0.15, 0.2) is 5.43 Å². The van der Waals surface area contributed by atoms with Crippen LogP contribution in [0.3, 0.4) is 0 Å². The summed E-state index contributed by atoms with van der Waals surface area (Å²) < 4.78 is 2.00. The molecule has 2 aromatic rings. The van der Waals surface area contributed by atoms with Crippen LogP contribution in [0.5, 0.6) is 0 Å². The minimum atomic E-state index is 0.0589. The molecular weight excluding hydrogens is 250 g/mol. The number of piperidine rings is 1. The third kappa shape index (κ3) is 2.80. The number of fused-ring (bicyclic) bond motifs is 1. The first kappa shape index (κ1) is 13.4. The van der Waals surface area contributed by atoms with Crippen molar-refractivity contribution in [1.29, 1.82) is 0 Å². The first-order valence-electron chi connectivity index (χ1n) is 7.56. The molecule has 1 saturated heterocycles. The van der Waals surface area contributed by atoms with E-state index in [0.717, 1.165) is 18.0 Å². The maximum Gasteiger partial charge on any atom is 0.183 e. The topological polar surface area (TPSA) is 40.5 Å². The van der Waals surface area contributed by atoms with E-state index in [1.807, 2.05) is 10.6 Å². The van der Waals surface area contributed by atoms with Gasteiger partial charge < -0.3 is 14.3 Å². The van der Waals surface area contributed by atoms with Crippen molar-refractivity contribution in [2.24, 2.45) is 5.92 Å². The number of rotatable bonds is 3. The Labute approximate surface area is 119 Å². The zero-order valence-electron chi connectivity index (χ0n) is 12.3. The molecule has 20 heavy (non-hydrogen) atoms. The van der Waals surface area contributed by atoms with Crippen molar-refractivity contribution in [3.8, 4) is 0 Å². The van der Waals surface area contributed by atoms with E-state index < -0.39 is 0 Å². The number of hydrogen-bond donors (Lipinski definition) is 1. The molecule has 0 atom stereocenters. The van der Waals surface area contributed by atoms with Crippen LogP contribution in [0.1, 0.15) is 32.4 Å². The normalized spacial score (nSPS) is 18.1. The summed E-state index contributed by atoms with van der Waals surface area (Å²) in [7, 11) is 0. The lowest BCUT2D eigenvalue weighted by molar-refractivity contribution is 0.149. The molecule has 0 radical (unpaired) electrons. The summed E-state index contributed by atoms with van der Waals surface area (Å²) in [6.45, 7) is 6.96. The fraction of sp³-hybridized carbons (Fsp3) is 0.562. The Hall–Kier alpha value is -1.55. The molecule has 3 heterocycles. The summed E-state index contributed by atoms with van der Waals surface area (Å²) in [4.78, 5) is 17.3. The van der Waals surface area contributed by atoms with Gasteiger partial charge in [-0.1, -0.05) is 0 Å². The van der Waals surface area contributed by atoms with Gasteiger partial charge in [-0.05, 0) is 52.1 Å². The van der Waals surface area contributed by atoms with Crippen LogP contribution in [0.2, 0.25) is 0 Å². The van der Waals surface area contributed by atoms with Crippen LogP contribution in [0.4, 0.5) is 0 Å². The Kier molecular flexibility index (Phi) is 3.66. The van der Waals surface area contributed by atoms with E-state index in [0.29, 0.717) is 6.04 Å². The van der Waals surface area contributed by atoms with E-state index in [1.54, 1.807) is 12.1 Å². The van der Waals surface area contributed by atoms with E-state index in [4.69, 9.17) is 0 Å². The van der Waals surface area contributed by atoms with Crippen molar-refractivity contribution >= 4 is 5.65 Å². The third-order valence-corrected chi connectivity index (χ3v) is 4.43. The number of imidazole rings is 1. The molecular formula is C16H23N3O. The number of hydrogen-bond acceptors (Lipinski definition) is 2. The zero-order chi connectivity index (χ0) is 14.1. The SMILES string of the molecule is CC(C)N1CCC(Cc2cn3ccc(=O)cc3[nH]2)CC1. The van der Waals surface area contributed by atoms with E-state index >= 15 is 0 Å². The molecule has 1 fully saturated rings. The molecule has 0 spiro atoms. The molecule has 2 aromatic heterocycles. The predicted octanol–water partition coefficient (Wildman–Crippen LogP) is 2.29. The lowest BCUT2D eigenvalue weighted by Gasteiger charge is -2.34. The van der Waals surface area contributed by atoms with Crippen LogP contribution < -0.4 is 5.43 Å². The van der Waals surface area contributed by atoms with Crippen LogP contribution in [0, 0.1) is 5.92 Å². The Morgan fingerprint density at radius 3 is 2.80 bits per heavy atom. The molecule has 108 valence electrons. The van der Waals surface area contributed by atoms with Gasteiger partial charge in [-0.15, -0.1) is 0 Å². The standard InChI is InChI=1S/C16H23N3O/c1-12(2)18-6-3-13(4-7-18)9-14-11-19-8-5-15(20)10-16(19)17-14/h5,8,10-13,17H,3-4,6-7,9H2,1-2H3. The molecule has 1 aliphatic heterocycles. The van der Waals surface area contributed by atoms with Gasteiger partial charge >= 0.3 is 0 Å². The molecule has 1 aliphatic rings. The summed E-state index contributed by atoms with van der Waals surface area (Å²) in [5.74, 6) is 0.755. The average Bonchev–Trinajstić information content (AvgIpc) is 2.80. The Morgan fingerprint density at radius 1 is 1.35 bits per heavy atom. The Morgan fingerprint density at radius 2 is 2.10 bits per heavy atom. The van der Waals surface area contributed by atoms with Crippen LogP contribution in [0.25, 0.3) is 5.65 Å². The average molecular weight is 273 g/mol. The van der Waals surface area contributed by atoms with E-state index in [-0.39, 0.29) is 5.43 Å². The summed E-state index contributed by atoms with van der Waals surface area (Å²) in [6, 6.07) is 3.92. The predicted molar refractivity (Wildman–Crippen MR) is 81.2 cm³/mol. The quantitative estimate of drug-likeness (QED) is 0.932. The van der Waals surface area contributed by atoms with Crippen molar-refractivity contribution in [1.82, 2.24) is 14.3 Å². The minimum absolute atomic E-state index is 0.0589. The Balaban J connectivity index is 1.67. The molecule has 0 saturated carbocycles. The highest BCUT2D eigenvalue weighted by atomic mass is 16.1. The Bertz CT molecular complexity index is 632. The van der Waals surface area contributed by atoms with Crippen molar-refractivity contribution in [3.05, 3.63) is 40.4 Å². The van der Waals surface area contributed by atoms with Gasteiger partial charge in [-0.25, -0.2) is 0 Å². The van der Waals surface area contributed by atoms with Gasteiger partial charge in [0.2, 0.25) is 0 Å². The van der Waals surface area contributed by atoms with E-state index in [9.17, 15) is 4.79 Å². The zero-order valence-corrected chi connectivity index (χ0v) is 12.3. The maximum absolute atomic E-state index is 11.3. The summed E-state index contributed by atoms with van der Waals surface area (Å²) >= 11 is 0. The highest BCUT2D eigenvalue weighted by Crippen LogP contribution is 2.22. The first-order chi connectivity index (χ1) is 9.61. The van der Waals surface area contributed by atoms with Crippen molar-refractivity contribution < 1.29 is 0 Å². The molecule has 4 heteroatoms. The third-order valence-electron chi connectivity index (χ3n) is 4.43. The van der Waals surface area contributed by atoms with Gasteiger partial charge in [-0.3, -0.25) is 4.79 Å². The number of aromatic nitrogens is 2. The van der Waals surface area contributed by atoms with Crippen LogP contribution in [0.15, 0.2) is 29.3 Å². The van der Waals surface area contributed by atoms with Crippen LogP contribution >= 0.6 is 0 Å². The van der Waals surface area contributed by atoms with Gasteiger partial charge in [0.05, 0.1) is 0 Å². The molecule has 4 nitrogen and oxygen atoms in total. The fourth-order valence-corrected chi connectivity index (χ4v) is 3.16. The summed E-state index contributed by atoms with van der Waals surface area (Å²) in [6.07, 6.45) is 7.57. The minimum Gasteiger partial charge on any atom is -0.343 e. The number of likely N-dealkylation sites (tertiary alicyclic amines) is 1. The molecule has 0 aromatic carbocycles. The van der Waals surface area contributed by atoms with Gasteiger partial charge in [0, 0.05) is 36.3 Å². The number of H-pyrrole nitrogens is 1. The second-order valence-corrected chi connectivity index (χ2v) is 6.21. The smallest absolute Gasteiger partial charge is 0.183 e. The second kappa shape index (κ2) is 5.44. The lowest BCUT2D eigenvalue weighted by atomic mass is 9.92. The van der Waals surface area contributed by atoms with E-state index in [1.165, 1.54) is 31.6 Å². The highest BCUT2D eigenvalue weighted by molar-refractivity contribution is 5.39. The van der Waals surface area contributed by atoms with Crippen LogP contribution in [-0.2, 0) is 6.42 Å². The first-order valence-corrected chi connectivity index (χ1v) is 7.56. The lowest BCUT2D eigenvalue weighted by Crippen LogP contribution is -2.38. The fourth-order valence-electron chi connectivity index (χ4n) is 3.16. The number of nitrogens with zero attached hydrogens (tertiary/aromatic N) is 2.